The van der Waals surface area contributed by atoms with Crippen molar-refractivity contribution in [3.05, 3.63) is 108 Å². The topological polar surface area (TPSA) is 249 Å². The molecule has 0 aliphatic carbocycles. The molecule has 52 heavy (non-hydrogen) atoms. The van der Waals surface area contributed by atoms with E-state index in [2.05, 4.69) is 24.6 Å². The number of hydrogen-bond acceptors (Lipinski definition) is 13. The second-order valence-corrected chi connectivity index (χ2v) is 15.0. The first-order valence-corrected chi connectivity index (χ1v) is 18.8. The largest absolute Gasteiger partial charge is 0.466 e. The number of fused-ring (bicyclic) bond motifs is 2. The van der Waals surface area contributed by atoms with Crippen LogP contribution < -0.4 is 25.6 Å². The van der Waals surface area contributed by atoms with Crippen LogP contribution in [0.3, 0.4) is 0 Å². The molecule has 1 unspecified atom stereocenters. The van der Waals surface area contributed by atoms with Gasteiger partial charge in [-0.05, 0) is 66.1 Å². The van der Waals surface area contributed by atoms with E-state index in [1.807, 2.05) is 6.07 Å². The Labute approximate surface area is 300 Å². The number of hydrogen-bond donors (Lipinski definition) is 4. The normalized spacial score (nSPS) is 12.4. The SMILES string of the molecule is CNc1cccc(C(=O)C(C#N)Oc2c(C(N)=O)cc(N=Nc3snc4ccc(S(=O)(=O)Nc5cccc(S(N)(=O)=O)c5)cc34)c3ccccc23)c1. The highest BCUT2D eigenvalue weighted by atomic mass is 32.2. The highest BCUT2D eigenvalue weighted by molar-refractivity contribution is 7.92. The van der Waals surface area contributed by atoms with Crippen LogP contribution in [0.4, 0.5) is 22.1 Å². The number of azo groups is 1. The lowest BCUT2D eigenvalue weighted by Gasteiger charge is -2.17. The first kappa shape index (κ1) is 35.6. The summed E-state index contributed by atoms with van der Waals surface area (Å²) in [6.45, 7) is 0. The number of benzene rings is 5. The number of nitrogens with zero attached hydrogens (tertiary/aromatic N) is 4. The summed E-state index contributed by atoms with van der Waals surface area (Å²) in [4.78, 5) is 25.6. The van der Waals surface area contributed by atoms with Crippen LogP contribution in [0, 0.1) is 11.3 Å². The van der Waals surface area contributed by atoms with E-state index in [1.165, 1.54) is 42.5 Å². The lowest BCUT2D eigenvalue weighted by atomic mass is 10.0. The number of nitriles is 1. The Morgan fingerprint density at radius 2 is 1.60 bits per heavy atom. The summed E-state index contributed by atoms with van der Waals surface area (Å²) in [5.74, 6) is -1.64. The summed E-state index contributed by atoms with van der Waals surface area (Å²) >= 11 is 0.944. The van der Waals surface area contributed by atoms with E-state index in [9.17, 15) is 31.7 Å². The summed E-state index contributed by atoms with van der Waals surface area (Å²) < 4.78 is 62.7. The molecule has 1 aromatic heterocycles. The van der Waals surface area contributed by atoms with Crippen molar-refractivity contribution in [3.8, 4) is 11.8 Å². The molecule has 5 aromatic carbocycles. The summed E-state index contributed by atoms with van der Waals surface area (Å²) in [7, 11) is -6.60. The molecule has 6 rings (SSSR count). The number of carbonyl (C=O) groups excluding carboxylic acids is 2. The molecule has 0 radical (unpaired) electrons. The number of amides is 1. The Hall–Kier alpha value is -6.26. The number of sulfonamides is 2. The number of nitrogens with one attached hydrogen (secondary N) is 2. The number of rotatable bonds is 12. The van der Waals surface area contributed by atoms with Gasteiger partial charge in [-0.2, -0.15) is 9.64 Å². The van der Waals surface area contributed by atoms with Gasteiger partial charge in [0, 0.05) is 34.5 Å². The zero-order valence-electron chi connectivity index (χ0n) is 26.8. The lowest BCUT2D eigenvalue weighted by Crippen LogP contribution is -2.27. The maximum absolute atomic E-state index is 13.3. The van der Waals surface area contributed by atoms with Crippen molar-refractivity contribution in [2.75, 3.05) is 17.1 Å². The predicted molar refractivity (Wildman–Crippen MR) is 195 cm³/mol. The standard InChI is InChI=1S/C34H26N8O7S3/c1-38-20-7-4-6-19(14-20)31(43)30(18-35)49-32-25-11-3-2-10-24(25)29(17-27(32)33(36)44)39-40-34-26-16-23(12-13-28(26)41-50-34)52(47,48)42-21-8-5-9-22(15-21)51(37,45)46/h2-17,30,38,42H,1H3,(H2,36,44)(H2,37,45,46). The number of ether oxygens (including phenoxy) is 1. The monoisotopic (exact) mass is 754 g/mol. The van der Waals surface area contributed by atoms with Gasteiger partial charge in [0.25, 0.3) is 15.9 Å². The smallest absolute Gasteiger partial charge is 0.261 e. The Balaban J connectivity index is 1.35. The average molecular weight is 755 g/mol. The van der Waals surface area contributed by atoms with Gasteiger partial charge in [-0.3, -0.25) is 14.3 Å². The number of Topliss-reactive ketones (excluding diaryl/α,β-unsaturated/α-hetero) is 1. The quantitative estimate of drug-likeness (QED) is 0.0888. The van der Waals surface area contributed by atoms with E-state index in [0.29, 0.717) is 27.4 Å². The summed E-state index contributed by atoms with van der Waals surface area (Å²) in [5.41, 5.74) is 7.04. The molecule has 15 nitrogen and oxygen atoms in total. The molecule has 0 saturated carbocycles. The molecule has 0 saturated heterocycles. The lowest BCUT2D eigenvalue weighted by molar-refractivity contribution is 0.0854. The number of carbonyl (C=O) groups is 2. The maximum atomic E-state index is 13.3. The third-order valence-electron chi connectivity index (χ3n) is 7.67. The van der Waals surface area contributed by atoms with Crippen LogP contribution in [0.15, 0.2) is 117 Å². The van der Waals surface area contributed by atoms with Crippen LogP contribution in [0.5, 0.6) is 5.75 Å². The van der Waals surface area contributed by atoms with Crippen LogP contribution in [0.2, 0.25) is 0 Å². The number of primary sulfonamides is 1. The molecule has 0 spiro atoms. The number of anilines is 2. The summed E-state index contributed by atoms with van der Waals surface area (Å²) in [6, 6.07) is 25.6. The minimum atomic E-state index is -4.21. The van der Waals surface area contributed by atoms with Crippen molar-refractivity contribution in [2.45, 2.75) is 15.9 Å². The van der Waals surface area contributed by atoms with Gasteiger partial charge < -0.3 is 15.8 Å². The van der Waals surface area contributed by atoms with Crippen LogP contribution in [-0.4, -0.2) is 46.1 Å². The fourth-order valence-electron chi connectivity index (χ4n) is 5.15. The third kappa shape index (κ3) is 7.28. The number of nitrogens with two attached hydrogens (primary N) is 2. The molecule has 262 valence electrons. The molecule has 0 aliphatic heterocycles. The van der Waals surface area contributed by atoms with E-state index in [1.54, 1.807) is 55.6 Å². The molecule has 0 bridgehead atoms. The van der Waals surface area contributed by atoms with Gasteiger partial charge in [0.2, 0.25) is 21.9 Å². The van der Waals surface area contributed by atoms with E-state index < -0.39 is 37.8 Å². The Kier molecular flexibility index (Phi) is 9.69. The van der Waals surface area contributed by atoms with Gasteiger partial charge in [-0.1, -0.05) is 42.5 Å². The van der Waals surface area contributed by atoms with Gasteiger partial charge in [0.05, 0.1) is 32.2 Å². The molecular formula is C34H26N8O7S3. The zero-order chi connectivity index (χ0) is 37.2. The second-order valence-electron chi connectivity index (χ2n) is 11.0. The van der Waals surface area contributed by atoms with Crippen molar-refractivity contribution >= 4 is 87.0 Å². The van der Waals surface area contributed by atoms with Crippen molar-refractivity contribution in [3.63, 3.8) is 0 Å². The first-order chi connectivity index (χ1) is 24.8. The molecule has 6 N–H and O–H groups in total. The average Bonchev–Trinajstić information content (AvgIpc) is 3.54. The maximum Gasteiger partial charge on any atom is 0.261 e. The second kappa shape index (κ2) is 14.2. The van der Waals surface area contributed by atoms with Crippen molar-refractivity contribution in [2.24, 2.45) is 21.1 Å². The van der Waals surface area contributed by atoms with E-state index >= 15 is 0 Å². The van der Waals surface area contributed by atoms with Crippen molar-refractivity contribution < 1.29 is 31.2 Å². The highest BCUT2D eigenvalue weighted by Crippen LogP contribution is 2.40. The molecule has 0 aliphatic rings. The molecule has 1 amide bonds. The van der Waals surface area contributed by atoms with E-state index in [-0.39, 0.29) is 43.0 Å². The Morgan fingerprint density at radius 3 is 2.31 bits per heavy atom. The van der Waals surface area contributed by atoms with Crippen LogP contribution in [0.25, 0.3) is 21.7 Å². The molecule has 18 heteroatoms. The van der Waals surface area contributed by atoms with Crippen molar-refractivity contribution in [1.82, 2.24) is 4.37 Å². The number of ketones is 1. The van der Waals surface area contributed by atoms with Gasteiger partial charge in [0.1, 0.15) is 11.8 Å². The van der Waals surface area contributed by atoms with E-state index in [4.69, 9.17) is 15.6 Å². The molecule has 6 aromatic rings. The number of aromatic nitrogens is 1. The third-order valence-corrected chi connectivity index (χ3v) is 10.7. The van der Waals surface area contributed by atoms with E-state index in [0.717, 1.165) is 17.6 Å². The fourth-order valence-corrected chi connectivity index (χ4v) is 7.47. The molecule has 1 heterocycles. The van der Waals surface area contributed by atoms with Gasteiger partial charge in [-0.25, -0.2) is 22.0 Å². The molecule has 0 fully saturated rings. The van der Waals surface area contributed by atoms with Crippen LogP contribution in [0.1, 0.15) is 20.7 Å². The fraction of sp³-hybridized carbons (Fsp3) is 0.0588. The Morgan fingerprint density at radius 1 is 0.865 bits per heavy atom. The van der Waals surface area contributed by atoms with Gasteiger partial charge in [0.15, 0.2) is 5.00 Å². The first-order valence-electron chi connectivity index (χ1n) is 15.0. The van der Waals surface area contributed by atoms with Gasteiger partial charge in [-0.15, -0.1) is 10.2 Å². The Bertz CT molecular complexity index is 2710. The minimum absolute atomic E-state index is 0.0204. The highest BCUT2D eigenvalue weighted by Gasteiger charge is 2.27. The molecule has 1 atom stereocenters. The zero-order valence-corrected chi connectivity index (χ0v) is 29.3. The van der Waals surface area contributed by atoms with Crippen molar-refractivity contribution in [1.29, 1.82) is 5.26 Å². The van der Waals surface area contributed by atoms with Crippen LogP contribution >= 0.6 is 11.5 Å². The summed E-state index contributed by atoms with van der Waals surface area (Å²) in [5, 5.41) is 28.1. The number of primary amides is 1. The van der Waals surface area contributed by atoms with Crippen LogP contribution in [-0.2, 0) is 20.0 Å². The predicted octanol–water partition coefficient (Wildman–Crippen LogP) is 5.61. The summed E-state index contributed by atoms with van der Waals surface area (Å²) in [6.07, 6.45) is -1.62. The minimum Gasteiger partial charge on any atom is -0.466 e. The van der Waals surface area contributed by atoms with Gasteiger partial charge >= 0.3 is 0 Å². The molecular weight excluding hydrogens is 729 g/mol.